The van der Waals surface area contributed by atoms with E-state index in [4.69, 9.17) is 27.9 Å². The fourth-order valence-corrected chi connectivity index (χ4v) is 3.41. The van der Waals surface area contributed by atoms with Crippen molar-refractivity contribution in [2.45, 2.75) is 0 Å². The number of nitrogens with one attached hydrogen (secondary N) is 1. The first-order valence-corrected chi connectivity index (χ1v) is 10.4. The highest BCUT2D eigenvalue weighted by molar-refractivity contribution is 7.12. The summed E-state index contributed by atoms with van der Waals surface area (Å²) in [7, 11) is 1.69. The van der Waals surface area contributed by atoms with E-state index in [1.165, 1.54) is 11.3 Å². The number of benzene rings is 2. The van der Waals surface area contributed by atoms with Crippen molar-refractivity contribution in [1.29, 1.82) is 0 Å². The molecule has 0 aliphatic carbocycles. The third kappa shape index (κ3) is 5.73. The Bertz CT molecular complexity index is 992. The van der Waals surface area contributed by atoms with E-state index in [9.17, 15) is 9.59 Å². The van der Waals surface area contributed by atoms with Gasteiger partial charge in [0.05, 0.1) is 22.1 Å². The van der Waals surface area contributed by atoms with Crippen LogP contribution >= 0.6 is 34.5 Å². The Morgan fingerprint density at radius 1 is 1.10 bits per heavy atom. The van der Waals surface area contributed by atoms with Crippen LogP contribution in [-0.4, -0.2) is 36.9 Å². The average Bonchev–Trinajstić information content (AvgIpc) is 3.25. The van der Waals surface area contributed by atoms with Gasteiger partial charge in [0, 0.05) is 17.6 Å². The summed E-state index contributed by atoms with van der Waals surface area (Å²) in [6.07, 6.45) is 0. The Balaban J connectivity index is 1.60. The predicted octanol–water partition coefficient (Wildman–Crippen LogP) is 5.46. The van der Waals surface area contributed by atoms with Crippen LogP contribution in [-0.2, 0) is 0 Å². The number of carbonyl (C=O) groups excluding carboxylic acids is 2. The van der Waals surface area contributed by atoms with Crippen LogP contribution in [0.15, 0.2) is 60.0 Å². The van der Waals surface area contributed by atoms with Crippen molar-refractivity contribution in [1.82, 2.24) is 4.90 Å². The number of ether oxygens (including phenoxy) is 1. The van der Waals surface area contributed by atoms with Gasteiger partial charge in [0.15, 0.2) is 0 Å². The molecule has 0 bridgehead atoms. The first kappa shape index (κ1) is 21.2. The molecule has 0 unspecified atom stereocenters. The van der Waals surface area contributed by atoms with Crippen molar-refractivity contribution in [2.24, 2.45) is 0 Å². The average molecular weight is 449 g/mol. The normalized spacial score (nSPS) is 10.4. The maximum absolute atomic E-state index is 12.7. The van der Waals surface area contributed by atoms with Crippen molar-refractivity contribution in [2.75, 3.05) is 25.5 Å². The van der Waals surface area contributed by atoms with Crippen LogP contribution in [0.1, 0.15) is 20.0 Å². The topological polar surface area (TPSA) is 58.6 Å². The van der Waals surface area contributed by atoms with E-state index in [1.54, 1.807) is 66.5 Å². The highest BCUT2D eigenvalue weighted by atomic mass is 35.5. The summed E-state index contributed by atoms with van der Waals surface area (Å²) in [6.45, 7) is 0.723. The van der Waals surface area contributed by atoms with Crippen molar-refractivity contribution in [3.05, 3.63) is 80.5 Å². The second-order valence-electron chi connectivity index (χ2n) is 6.16. The zero-order valence-corrected chi connectivity index (χ0v) is 17.9. The van der Waals surface area contributed by atoms with E-state index in [0.717, 1.165) is 0 Å². The largest absolute Gasteiger partial charge is 0.492 e. The van der Waals surface area contributed by atoms with Gasteiger partial charge in [-0.1, -0.05) is 29.3 Å². The van der Waals surface area contributed by atoms with Gasteiger partial charge in [-0.3, -0.25) is 9.59 Å². The Morgan fingerprint density at radius 3 is 2.55 bits per heavy atom. The summed E-state index contributed by atoms with van der Waals surface area (Å²) in [4.78, 5) is 27.1. The molecule has 1 N–H and O–H groups in total. The van der Waals surface area contributed by atoms with Crippen molar-refractivity contribution < 1.29 is 14.3 Å². The number of halogens is 2. The summed E-state index contributed by atoms with van der Waals surface area (Å²) >= 11 is 13.4. The van der Waals surface area contributed by atoms with E-state index in [0.29, 0.717) is 45.1 Å². The molecule has 1 aromatic heterocycles. The smallest absolute Gasteiger partial charge is 0.265 e. The molecule has 5 nitrogen and oxygen atoms in total. The number of carbonyl (C=O) groups is 2. The lowest BCUT2D eigenvalue weighted by atomic mass is 10.1. The van der Waals surface area contributed by atoms with Crippen LogP contribution in [0.5, 0.6) is 5.75 Å². The zero-order valence-electron chi connectivity index (χ0n) is 15.5. The molecular formula is C21H18Cl2N2O3S. The lowest BCUT2D eigenvalue weighted by Crippen LogP contribution is -2.31. The van der Waals surface area contributed by atoms with E-state index < -0.39 is 0 Å². The number of anilines is 1. The summed E-state index contributed by atoms with van der Waals surface area (Å²) in [5.41, 5.74) is 0.812. The molecule has 1 heterocycles. The molecule has 0 radical (unpaired) electrons. The number of rotatable bonds is 7. The number of nitrogens with zero attached hydrogens (tertiary/aromatic N) is 1. The summed E-state index contributed by atoms with van der Waals surface area (Å²) in [5, 5.41) is 5.56. The maximum Gasteiger partial charge on any atom is 0.265 e. The molecule has 8 heteroatoms. The number of likely N-dealkylation sites (N-methyl/N-ethyl adjacent to an activating group) is 1. The quantitative estimate of drug-likeness (QED) is 0.521. The molecule has 0 saturated heterocycles. The van der Waals surface area contributed by atoms with Crippen molar-refractivity contribution >= 4 is 52.0 Å². The fraction of sp³-hybridized carbons (Fsp3) is 0.143. The Hall–Kier alpha value is -2.54. The number of amides is 2. The fourth-order valence-electron chi connectivity index (χ4n) is 2.50. The predicted molar refractivity (Wildman–Crippen MR) is 118 cm³/mol. The first-order chi connectivity index (χ1) is 13.9. The van der Waals surface area contributed by atoms with Crippen LogP contribution in [0.2, 0.25) is 10.0 Å². The third-order valence-corrected chi connectivity index (χ3v) is 5.51. The molecule has 29 heavy (non-hydrogen) atoms. The van der Waals surface area contributed by atoms with Gasteiger partial charge in [-0.15, -0.1) is 11.3 Å². The zero-order chi connectivity index (χ0) is 20.8. The molecule has 3 rings (SSSR count). The highest BCUT2D eigenvalue weighted by Crippen LogP contribution is 2.25. The molecule has 0 fully saturated rings. The minimum Gasteiger partial charge on any atom is -0.492 e. The number of thiophene rings is 1. The lowest BCUT2D eigenvalue weighted by molar-refractivity contribution is 0.0773. The first-order valence-electron chi connectivity index (χ1n) is 8.72. The van der Waals surface area contributed by atoms with Crippen molar-refractivity contribution in [3.63, 3.8) is 0 Å². The molecule has 150 valence electrons. The molecule has 0 spiro atoms. The van der Waals surface area contributed by atoms with Gasteiger partial charge < -0.3 is 15.0 Å². The Morgan fingerprint density at radius 2 is 1.86 bits per heavy atom. The van der Waals surface area contributed by atoms with Crippen LogP contribution in [0.25, 0.3) is 0 Å². The number of hydrogen-bond acceptors (Lipinski definition) is 4. The molecule has 3 aromatic rings. The van der Waals surface area contributed by atoms with E-state index >= 15 is 0 Å². The van der Waals surface area contributed by atoms with Gasteiger partial charge >= 0.3 is 0 Å². The SMILES string of the molecule is CN(CCOc1ccc(Cl)cc1)C(=O)c1ccc(Cl)c(NC(=O)c2cccs2)c1. The molecule has 0 aliphatic rings. The summed E-state index contributed by atoms with van der Waals surface area (Å²) < 4.78 is 5.63. The van der Waals surface area contributed by atoms with Crippen LogP contribution in [0.4, 0.5) is 5.69 Å². The monoisotopic (exact) mass is 448 g/mol. The van der Waals surface area contributed by atoms with Gasteiger partial charge in [0.2, 0.25) is 0 Å². The standard InChI is InChI=1S/C21H18Cl2N2O3S/c1-25(10-11-28-16-7-5-15(22)6-8-16)21(27)14-4-9-17(23)18(13-14)24-20(26)19-3-2-12-29-19/h2-9,12-13H,10-11H2,1H3,(H,24,26). The Labute approximate surface area is 182 Å². The van der Waals surface area contributed by atoms with E-state index in [-0.39, 0.29) is 11.8 Å². The second kappa shape index (κ2) is 9.78. The molecule has 2 aromatic carbocycles. The van der Waals surface area contributed by atoms with Crippen LogP contribution < -0.4 is 10.1 Å². The van der Waals surface area contributed by atoms with Gasteiger partial charge in [0.1, 0.15) is 12.4 Å². The highest BCUT2D eigenvalue weighted by Gasteiger charge is 2.15. The van der Waals surface area contributed by atoms with E-state index in [2.05, 4.69) is 5.32 Å². The van der Waals surface area contributed by atoms with Crippen molar-refractivity contribution in [3.8, 4) is 5.75 Å². The van der Waals surface area contributed by atoms with E-state index in [1.807, 2.05) is 5.38 Å². The molecule has 0 atom stereocenters. The Kier molecular flexibility index (Phi) is 7.14. The van der Waals surface area contributed by atoms with Crippen LogP contribution in [0, 0.1) is 0 Å². The molecule has 0 aliphatic heterocycles. The van der Waals surface area contributed by atoms with Gasteiger partial charge in [0.25, 0.3) is 11.8 Å². The molecular weight excluding hydrogens is 431 g/mol. The van der Waals surface area contributed by atoms with Crippen LogP contribution in [0.3, 0.4) is 0 Å². The molecule has 2 amide bonds. The third-order valence-electron chi connectivity index (χ3n) is 4.06. The second-order valence-corrected chi connectivity index (χ2v) is 7.95. The maximum atomic E-state index is 12.7. The van der Waals surface area contributed by atoms with Gasteiger partial charge in [-0.2, -0.15) is 0 Å². The van der Waals surface area contributed by atoms with Gasteiger partial charge in [-0.05, 0) is 53.9 Å². The lowest BCUT2D eigenvalue weighted by Gasteiger charge is -2.18. The summed E-state index contributed by atoms with van der Waals surface area (Å²) in [5.74, 6) is 0.213. The molecule has 0 saturated carbocycles. The minimum atomic E-state index is -0.267. The minimum absolute atomic E-state index is 0.201. The number of hydrogen-bond donors (Lipinski definition) is 1. The summed E-state index contributed by atoms with van der Waals surface area (Å²) in [6, 6.07) is 15.3. The van der Waals surface area contributed by atoms with Gasteiger partial charge in [-0.25, -0.2) is 0 Å².